The van der Waals surface area contributed by atoms with E-state index in [0.29, 0.717) is 0 Å². The van der Waals surface area contributed by atoms with E-state index < -0.39 is 17.7 Å². The fourth-order valence-corrected chi connectivity index (χ4v) is 2.17. The second kappa shape index (κ2) is 6.01. The molecule has 0 spiro atoms. The molecule has 0 aromatic heterocycles. The number of nitrogens with one attached hydrogen (secondary N) is 1. The van der Waals surface area contributed by atoms with Gasteiger partial charge in [0.2, 0.25) is 0 Å². The van der Waals surface area contributed by atoms with Crippen LogP contribution in [0.15, 0.2) is 36.4 Å². The Bertz CT molecular complexity index is 593. The van der Waals surface area contributed by atoms with Crippen LogP contribution in [0.4, 0.5) is 14.5 Å². The zero-order valence-corrected chi connectivity index (χ0v) is 11.5. The highest BCUT2D eigenvalue weighted by molar-refractivity contribution is 5.48. The van der Waals surface area contributed by atoms with Gasteiger partial charge in [0, 0.05) is 23.9 Å². The molecule has 0 amide bonds. The van der Waals surface area contributed by atoms with E-state index in [2.05, 4.69) is 5.32 Å². The molecule has 2 aromatic rings. The molecule has 0 fully saturated rings. The third kappa shape index (κ3) is 3.54. The fourth-order valence-electron chi connectivity index (χ4n) is 2.17. The van der Waals surface area contributed by atoms with Gasteiger partial charge >= 0.3 is 0 Å². The molecule has 0 aliphatic carbocycles. The molecule has 20 heavy (non-hydrogen) atoms. The van der Waals surface area contributed by atoms with Gasteiger partial charge in [-0.15, -0.1) is 0 Å². The normalized spacial score (nSPS) is 12.2. The van der Waals surface area contributed by atoms with Crippen LogP contribution in [-0.4, -0.2) is 11.7 Å². The monoisotopic (exact) mass is 277 g/mol. The second-order valence-corrected chi connectivity index (χ2v) is 4.94. The van der Waals surface area contributed by atoms with Crippen LogP contribution < -0.4 is 5.32 Å². The van der Waals surface area contributed by atoms with Crippen molar-refractivity contribution in [3.05, 3.63) is 64.7 Å². The summed E-state index contributed by atoms with van der Waals surface area (Å²) in [5.74, 6) is -1.39. The third-order valence-electron chi connectivity index (χ3n) is 3.04. The molecular weight excluding hydrogens is 260 g/mol. The van der Waals surface area contributed by atoms with Gasteiger partial charge in [0.1, 0.15) is 11.6 Å². The third-order valence-corrected chi connectivity index (χ3v) is 3.04. The fraction of sp³-hybridized carbons (Fsp3) is 0.250. The maximum absolute atomic E-state index is 13.5. The lowest BCUT2D eigenvalue weighted by Crippen LogP contribution is -2.13. The van der Waals surface area contributed by atoms with E-state index in [9.17, 15) is 13.9 Å². The number of rotatable bonds is 4. The molecule has 4 heteroatoms. The number of halogens is 2. The van der Waals surface area contributed by atoms with Crippen LogP contribution in [0, 0.1) is 25.5 Å². The molecule has 106 valence electrons. The summed E-state index contributed by atoms with van der Waals surface area (Å²) in [6, 6.07) is 9.11. The van der Waals surface area contributed by atoms with E-state index >= 15 is 0 Å². The first-order chi connectivity index (χ1) is 9.45. The largest absolute Gasteiger partial charge is 0.386 e. The highest BCUT2D eigenvalue weighted by Crippen LogP contribution is 2.20. The van der Waals surface area contributed by atoms with Crippen molar-refractivity contribution in [2.24, 2.45) is 0 Å². The standard InChI is InChI=1S/C16H17F2NO/c1-10-5-11(2)7-13(6-10)19-9-16(20)14-4-3-12(17)8-15(14)18/h3-8,16,19-20H,9H2,1-2H3. The molecule has 2 nitrogen and oxygen atoms in total. The van der Waals surface area contributed by atoms with Crippen molar-refractivity contribution in [1.82, 2.24) is 0 Å². The van der Waals surface area contributed by atoms with E-state index in [1.807, 2.05) is 32.0 Å². The summed E-state index contributed by atoms with van der Waals surface area (Å²) in [4.78, 5) is 0. The van der Waals surface area contributed by atoms with Gasteiger partial charge in [-0.25, -0.2) is 8.78 Å². The van der Waals surface area contributed by atoms with Gasteiger partial charge in [-0.1, -0.05) is 12.1 Å². The SMILES string of the molecule is Cc1cc(C)cc(NCC(O)c2ccc(F)cc2F)c1. The Kier molecular flexibility index (Phi) is 4.35. The van der Waals surface area contributed by atoms with Crippen LogP contribution in [0.2, 0.25) is 0 Å². The molecule has 0 heterocycles. The average molecular weight is 277 g/mol. The molecule has 0 radical (unpaired) electrons. The molecule has 0 saturated carbocycles. The van der Waals surface area contributed by atoms with Crippen molar-refractivity contribution in [2.75, 3.05) is 11.9 Å². The smallest absolute Gasteiger partial charge is 0.131 e. The van der Waals surface area contributed by atoms with E-state index in [1.54, 1.807) is 0 Å². The molecule has 2 rings (SSSR count). The summed E-state index contributed by atoms with van der Waals surface area (Å²) < 4.78 is 26.3. The molecule has 0 aliphatic heterocycles. The first-order valence-electron chi connectivity index (χ1n) is 6.41. The number of aryl methyl sites for hydroxylation is 2. The second-order valence-electron chi connectivity index (χ2n) is 4.94. The first-order valence-corrected chi connectivity index (χ1v) is 6.41. The Labute approximate surface area is 117 Å². The molecular formula is C16H17F2NO. The van der Waals surface area contributed by atoms with Gasteiger partial charge in [-0.2, -0.15) is 0 Å². The van der Waals surface area contributed by atoms with Gasteiger partial charge < -0.3 is 10.4 Å². The van der Waals surface area contributed by atoms with E-state index in [4.69, 9.17) is 0 Å². The topological polar surface area (TPSA) is 32.3 Å². The van der Waals surface area contributed by atoms with Crippen molar-refractivity contribution >= 4 is 5.69 Å². The lowest BCUT2D eigenvalue weighted by Gasteiger charge is -2.15. The number of anilines is 1. The predicted octanol–water partition coefficient (Wildman–Crippen LogP) is 3.73. The van der Waals surface area contributed by atoms with Gasteiger partial charge in [-0.05, 0) is 43.2 Å². The Balaban J connectivity index is 2.06. The molecule has 0 aliphatic rings. The summed E-state index contributed by atoms with van der Waals surface area (Å²) in [6.45, 7) is 4.12. The van der Waals surface area contributed by atoms with Crippen LogP contribution in [0.25, 0.3) is 0 Å². The maximum atomic E-state index is 13.5. The number of benzene rings is 2. The lowest BCUT2D eigenvalue weighted by atomic mass is 10.1. The van der Waals surface area contributed by atoms with Crippen molar-refractivity contribution in [3.63, 3.8) is 0 Å². The minimum atomic E-state index is -1.03. The van der Waals surface area contributed by atoms with E-state index in [0.717, 1.165) is 28.9 Å². The molecule has 0 saturated heterocycles. The summed E-state index contributed by atoms with van der Waals surface area (Å²) in [5.41, 5.74) is 3.16. The molecule has 2 aromatic carbocycles. The highest BCUT2D eigenvalue weighted by Gasteiger charge is 2.13. The number of hydrogen-bond donors (Lipinski definition) is 2. The molecule has 1 atom stereocenters. The zero-order chi connectivity index (χ0) is 14.7. The number of aliphatic hydroxyl groups excluding tert-OH is 1. The number of aliphatic hydroxyl groups is 1. The Morgan fingerprint density at radius 3 is 2.30 bits per heavy atom. The van der Waals surface area contributed by atoms with Crippen molar-refractivity contribution < 1.29 is 13.9 Å². The zero-order valence-electron chi connectivity index (χ0n) is 11.5. The van der Waals surface area contributed by atoms with Gasteiger partial charge in [0.25, 0.3) is 0 Å². The lowest BCUT2D eigenvalue weighted by molar-refractivity contribution is 0.186. The van der Waals surface area contributed by atoms with Crippen LogP contribution >= 0.6 is 0 Å². The summed E-state index contributed by atoms with van der Waals surface area (Å²) in [5, 5.41) is 13.0. The van der Waals surface area contributed by atoms with Crippen LogP contribution in [-0.2, 0) is 0 Å². The van der Waals surface area contributed by atoms with Crippen LogP contribution in [0.5, 0.6) is 0 Å². The van der Waals surface area contributed by atoms with Gasteiger partial charge in [-0.3, -0.25) is 0 Å². The van der Waals surface area contributed by atoms with Crippen molar-refractivity contribution in [3.8, 4) is 0 Å². The Morgan fingerprint density at radius 2 is 1.70 bits per heavy atom. The minimum Gasteiger partial charge on any atom is -0.386 e. The average Bonchev–Trinajstić information content (AvgIpc) is 2.35. The first kappa shape index (κ1) is 14.5. The summed E-state index contributed by atoms with van der Waals surface area (Å²) in [7, 11) is 0. The van der Waals surface area contributed by atoms with Crippen LogP contribution in [0.3, 0.4) is 0 Å². The number of hydrogen-bond acceptors (Lipinski definition) is 2. The molecule has 1 unspecified atom stereocenters. The minimum absolute atomic E-state index is 0.0864. The quantitative estimate of drug-likeness (QED) is 0.892. The molecule has 2 N–H and O–H groups in total. The van der Waals surface area contributed by atoms with Gasteiger partial charge in [0.05, 0.1) is 6.10 Å². The van der Waals surface area contributed by atoms with Crippen molar-refractivity contribution in [2.45, 2.75) is 20.0 Å². The summed E-state index contributed by atoms with van der Waals surface area (Å²) >= 11 is 0. The Hall–Kier alpha value is -1.94. The van der Waals surface area contributed by atoms with Crippen LogP contribution in [0.1, 0.15) is 22.8 Å². The van der Waals surface area contributed by atoms with E-state index in [-0.39, 0.29) is 12.1 Å². The summed E-state index contributed by atoms with van der Waals surface area (Å²) in [6.07, 6.45) is -1.03. The predicted molar refractivity (Wildman–Crippen MR) is 75.7 cm³/mol. The van der Waals surface area contributed by atoms with Gasteiger partial charge in [0.15, 0.2) is 0 Å². The van der Waals surface area contributed by atoms with E-state index in [1.165, 1.54) is 6.07 Å². The van der Waals surface area contributed by atoms with Crippen molar-refractivity contribution in [1.29, 1.82) is 0 Å². The highest BCUT2D eigenvalue weighted by atomic mass is 19.1. The Morgan fingerprint density at radius 1 is 1.05 bits per heavy atom. The molecule has 0 bridgehead atoms. The maximum Gasteiger partial charge on any atom is 0.131 e.